The number of rotatable bonds is 5. The summed E-state index contributed by atoms with van der Waals surface area (Å²) in [5.74, 6) is 0.383. The molecule has 4 aromatic rings. The van der Waals surface area contributed by atoms with Crippen molar-refractivity contribution in [3.63, 3.8) is 0 Å². The Kier molecular flexibility index (Phi) is 4.96. The van der Waals surface area contributed by atoms with Gasteiger partial charge < -0.3 is 9.73 Å². The molecule has 0 radical (unpaired) electrons. The van der Waals surface area contributed by atoms with Gasteiger partial charge in [0.1, 0.15) is 11.0 Å². The molecule has 4 rings (SSSR count). The molecule has 0 aliphatic heterocycles. The first-order valence-electron chi connectivity index (χ1n) is 7.42. The Labute approximate surface area is 164 Å². The molecule has 0 atom stereocenters. The number of nitrogens with one attached hydrogen (secondary N) is 1. The predicted octanol–water partition coefficient (Wildman–Crippen LogP) is 4.23. The van der Waals surface area contributed by atoms with E-state index in [1.54, 1.807) is 6.07 Å². The molecule has 0 aliphatic rings. The molecule has 1 N–H and O–H groups in total. The number of carbonyl (C=O) groups is 1. The van der Waals surface area contributed by atoms with Crippen LogP contribution in [-0.2, 0) is 4.79 Å². The Bertz CT molecular complexity index is 1060. The standard InChI is InChI=1S/C16H10BrN5O2S2/c17-10-6-4-9(5-7-10)15-19-20-16(24-15)25-8-13(23)18-11-2-1-3-12-14(11)22-26-21-12/h1-7H,8H2,(H,18,23). The summed E-state index contributed by atoms with van der Waals surface area (Å²) in [6.07, 6.45) is 0. The van der Waals surface area contributed by atoms with E-state index >= 15 is 0 Å². The van der Waals surface area contributed by atoms with Crippen LogP contribution in [0, 0.1) is 0 Å². The van der Waals surface area contributed by atoms with Crippen LogP contribution >= 0.6 is 39.4 Å². The fraction of sp³-hybridized carbons (Fsp3) is 0.0625. The molecule has 0 saturated heterocycles. The molecule has 26 heavy (non-hydrogen) atoms. The molecule has 0 spiro atoms. The summed E-state index contributed by atoms with van der Waals surface area (Å²) in [5, 5.41) is 11.2. The Balaban J connectivity index is 1.39. The van der Waals surface area contributed by atoms with E-state index in [-0.39, 0.29) is 11.7 Å². The van der Waals surface area contributed by atoms with Gasteiger partial charge in [-0.2, -0.15) is 8.75 Å². The molecule has 10 heteroatoms. The van der Waals surface area contributed by atoms with Crippen molar-refractivity contribution < 1.29 is 9.21 Å². The van der Waals surface area contributed by atoms with Crippen LogP contribution in [0.25, 0.3) is 22.5 Å². The lowest BCUT2D eigenvalue weighted by molar-refractivity contribution is -0.113. The molecule has 2 aromatic carbocycles. The highest BCUT2D eigenvalue weighted by Crippen LogP contribution is 2.25. The minimum Gasteiger partial charge on any atom is -0.411 e. The summed E-state index contributed by atoms with van der Waals surface area (Å²) in [6, 6.07) is 13.0. The van der Waals surface area contributed by atoms with Gasteiger partial charge in [-0.25, -0.2) is 0 Å². The van der Waals surface area contributed by atoms with Crippen molar-refractivity contribution in [2.45, 2.75) is 5.22 Å². The highest BCUT2D eigenvalue weighted by atomic mass is 79.9. The predicted molar refractivity (Wildman–Crippen MR) is 104 cm³/mol. The molecule has 2 heterocycles. The fourth-order valence-electron chi connectivity index (χ4n) is 2.20. The molecule has 7 nitrogen and oxygen atoms in total. The largest absolute Gasteiger partial charge is 0.411 e. The molecule has 2 aromatic heterocycles. The highest BCUT2D eigenvalue weighted by molar-refractivity contribution is 9.10. The van der Waals surface area contributed by atoms with E-state index < -0.39 is 0 Å². The number of benzene rings is 2. The van der Waals surface area contributed by atoms with Crippen molar-refractivity contribution in [1.29, 1.82) is 0 Å². The number of fused-ring (bicyclic) bond motifs is 1. The number of carbonyl (C=O) groups excluding carboxylic acids is 1. The number of hydrogen-bond donors (Lipinski definition) is 1. The third kappa shape index (κ3) is 3.76. The van der Waals surface area contributed by atoms with E-state index in [9.17, 15) is 4.79 Å². The number of anilines is 1. The second-order valence-corrected chi connectivity index (χ2v) is 7.53. The first-order chi connectivity index (χ1) is 12.7. The number of aromatic nitrogens is 4. The van der Waals surface area contributed by atoms with Gasteiger partial charge in [-0.05, 0) is 36.4 Å². The van der Waals surface area contributed by atoms with Gasteiger partial charge in [-0.3, -0.25) is 4.79 Å². The van der Waals surface area contributed by atoms with E-state index in [1.165, 1.54) is 11.8 Å². The summed E-state index contributed by atoms with van der Waals surface area (Å²) in [5.41, 5.74) is 2.91. The van der Waals surface area contributed by atoms with Gasteiger partial charge in [0.25, 0.3) is 5.22 Å². The van der Waals surface area contributed by atoms with Crippen LogP contribution in [0.2, 0.25) is 0 Å². The van der Waals surface area contributed by atoms with E-state index in [0.29, 0.717) is 22.3 Å². The number of hydrogen-bond acceptors (Lipinski definition) is 8. The van der Waals surface area contributed by atoms with Crippen molar-refractivity contribution in [3.8, 4) is 11.5 Å². The summed E-state index contributed by atoms with van der Waals surface area (Å²) in [6.45, 7) is 0. The van der Waals surface area contributed by atoms with E-state index in [2.05, 4.69) is 40.2 Å². The van der Waals surface area contributed by atoms with E-state index in [1.807, 2.05) is 36.4 Å². The fourth-order valence-corrected chi connectivity index (χ4v) is 3.57. The zero-order chi connectivity index (χ0) is 17.9. The highest BCUT2D eigenvalue weighted by Gasteiger charge is 2.13. The second kappa shape index (κ2) is 7.52. The van der Waals surface area contributed by atoms with Gasteiger partial charge in [-0.15, -0.1) is 10.2 Å². The molecule has 0 bridgehead atoms. The van der Waals surface area contributed by atoms with Gasteiger partial charge >= 0.3 is 0 Å². The van der Waals surface area contributed by atoms with E-state index in [4.69, 9.17) is 4.42 Å². The second-order valence-electron chi connectivity index (χ2n) is 5.15. The normalized spacial score (nSPS) is 11.0. The van der Waals surface area contributed by atoms with E-state index in [0.717, 1.165) is 27.3 Å². The van der Waals surface area contributed by atoms with Crippen LogP contribution < -0.4 is 5.32 Å². The maximum atomic E-state index is 12.2. The Morgan fingerprint density at radius 2 is 2.00 bits per heavy atom. The Morgan fingerprint density at radius 1 is 1.15 bits per heavy atom. The summed E-state index contributed by atoms with van der Waals surface area (Å²) in [4.78, 5) is 12.2. The third-order valence-corrected chi connectivity index (χ3v) is 5.27. The van der Waals surface area contributed by atoms with Crippen LogP contribution in [0.5, 0.6) is 0 Å². The van der Waals surface area contributed by atoms with Gasteiger partial charge in [0, 0.05) is 10.0 Å². The van der Waals surface area contributed by atoms with Crippen LogP contribution in [0.4, 0.5) is 5.69 Å². The minimum absolute atomic E-state index is 0.149. The SMILES string of the molecule is O=C(CSc1nnc(-c2ccc(Br)cc2)o1)Nc1cccc2nsnc12. The Hall–Kier alpha value is -2.30. The first kappa shape index (κ1) is 17.1. The Morgan fingerprint density at radius 3 is 2.85 bits per heavy atom. The van der Waals surface area contributed by atoms with Crippen molar-refractivity contribution in [2.75, 3.05) is 11.1 Å². The molecule has 0 unspecified atom stereocenters. The number of halogens is 1. The van der Waals surface area contributed by atoms with Crippen LogP contribution in [0.1, 0.15) is 0 Å². The minimum atomic E-state index is -0.182. The summed E-state index contributed by atoms with van der Waals surface area (Å²) in [7, 11) is 0. The maximum absolute atomic E-state index is 12.2. The zero-order valence-corrected chi connectivity index (χ0v) is 16.3. The average Bonchev–Trinajstić information content (AvgIpc) is 3.30. The summed E-state index contributed by atoms with van der Waals surface area (Å²) < 4.78 is 14.9. The number of nitrogens with zero attached hydrogens (tertiary/aromatic N) is 4. The van der Waals surface area contributed by atoms with Gasteiger partial charge in [0.2, 0.25) is 11.8 Å². The molecular weight excluding hydrogens is 438 g/mol. The zero-order valence-electron chi connectivity index (χ0n) is 13.0. The van der Waals surface area contributed by atoms with Crippen molar-refractivity contribution >= 4 is 62.0 Å². The number of amides is 1. The molecule has 0 aliphatic carbocycles. The summed E-state index contributed by atoms with van der Waals surface area (Å²) >= 11 is 5.67. The quantitative estimate of drug-likeness (QED) is 0.457. The van der Waals surface area contributed by atoms with Crippen LogP contribution in [-0.4, -0.2) is 30.6 Å². The molecule has 130 valence electrons. The topological polar surface area (TPSA) is 93.8 Å². The van der Waals surface area contributed by atoms with Crippen molar-refractivity contribution in [3.05, 3.63) is 46.9 Å². The average molecular weight is 448 g/mol. The maximum Gasteiger partial charge on any atom is 0.277 e. The van der Waals surface area contributed by atoms with Gasteiger partial charge in [0.15, 0.2) is 0 Å². The smallest absolute Gasteiger partial charge is 0.277 e. The van der Waals surface area contributed by atoms with Crippen molar-refractivity contribution in [1.82, 2.24) is 18.9 Å². The molecule has 1 amide bonds. The van der Waals surface area contributed by atoms with Crippen LogP contribution in [0.3, 0.4) is 0 Å². The molecule has 0 saturated carbocycles. The van der Waals surface area contributed by atoms with Crippen LogP contribution in [0.15, 0.2) is 56.6 Å². The number of thioether (sulfide) groups is 1. The lowest BCUT2D eigenvalue weighted by Gasteiger charge is -2.04. The van der Waals surface area contributed by atoms with Gasteiger partial charge in [0.05, 0.1) is 23.2 Å². The lowest BCUT2D eigenvalue weighted by atomic mass is 10.2. The van der Waals surface area contributed by atoms with Crippen molar-refractivity contribution in [2.24, 2.45) is 0 Å². The lowest BCUT2D eigenvalue weighted by Crippen LogP contribution is -2.14. The monoisotopic (exact) mass is 447 g/mol. The molecular formula is C16H10BrN5O2S2. The molecule has 0 fully saturated rings. The first-order valence-corrected chi connectivity index (χ1v) is 9.93. The third-order valence-electron chi connectivity index (χ3n) is 3.38. The van der Waals surface area contributed by atoms with Gasteiger partial charge in [-0.1, -0.05) is 33.8 Å².